The van der Waals surface area contributed by atoms with Crippen molar-refractivity contribution >= 4 is 23.1 Å². The SMILES string of the molecule is [2H]COc1ncc(-c2cc(C(F)(F)F)c3c(N)ncnn23)cc1C(=O)N[C@@H]1CN(C(=O)c2ccc(F)cc2)C[C@@H]1F. The van der Waals surface area contributed by atoms with Crippen molar-refractivity contribution in [1.82, 2.24) is 29.8 Å². The van der Waals surface area contributed by atoms with Crippen LogP contribution in [0.2, 0.25) is 0 Å². The maximum absolute atomic E-state index is 14.9. The Bertz CT molecular complexity index is 1630. The maximum Gasteiger partial charge on any atom is 0.418 e. The number of anilines is 1. The molecular weight excluding hydrogens is 541 g/mol. The quantitative estimate of drug-likeness (QED) is 0.358. The molecule has 1 aliphatic rings. The summed E-state index contributed by atoms with van der Waals surface area (Å²) < 4.78 is 82.7. The maximum atomic E-state index is 14.9. The highest BCUT2D eigenvalue weighted by Crippen LogP contribution is 2.39. The number of nitrogens with zero attached hydrogens (tertiary/aromatic N) is 5. The fraction of sp³-hybridized carbons (Fsp3) is 0.240. The Morgan fingerprint density at radius 1 is 1.18 bits per heavy atom. The van der Waals surface area contributed by atoms with Crippen LogP contribution < -0.4 is 15.8 Å². The normalized spacial score (nSPS) is 17.6. The molecular formula is C25H20F5N7O3. The van der Waals surface area contributed by atoms with Gasteiger partial charge in [-0.1, -0.05) is 0 Å². The van der Waals surface area contributed by atoms with E-state index in [1.54, 1.807) is 0 Å². The predicted octanol–water partition coefficient (Wildman–Crippen LogP) is 3.13. The molecule has 2 amide bonds. The molecule has 5 rings (SSSR count). The molecule has 3 N–H and O–H groups in total. The molecule has 3 aromatic heterocycles. The number of aromatic nitrogens is 4. The van der Waals surface area contributed by atoms with Crippen LogP contribution >= 0.6 is 0 Å². The van der Waals surface area contributed by atoms with Crippen LogP contribution in [-0.2, 0) is 6.18 Å². The number of carbonyl (C=O) groups excluding carboxylic acids is 2. The van der Waals surface area contributed by atoms with Gasteiger partial charge in [0.15, 0.2) is 5.82 Å². The predicted molar refractivity (Wildman–Crippen MR) is 131 cm³/mol. The summed E-state index contributed by atoms with van der Waals surface area (Å²) in [5.74, 6) is -2.75. The van der Waals surface area contributed by atoms with E-state index in [9.17, 15) is 31.5 Å². The average Bonchev–Trinajstić information content (AvgIpc) is 3.51. The second kappa shape index (κ2) is 10.1. The lowest BCUT2D eigenvalue weighted by molar-refractivity contribution is -0.136. The summed E-state index contributed by atoms with van der Waals surface area (Å²) >= 11 is 0. The Morgan fingerprint density at radius 2 is 1.93 bits per heavy atom. The van der Waals surface area contributed by atoms with Crippen LogP contribution in [0.25, 0.3) is 16.8 Å². The molecule has 0 spiro atoms. The van der Waals surface area contributed by atoms with Gasteiger partial charge in [0.1, 0.15) is 29.4 Å². The number of ether oxygens (including phenoxy) is 1. The lowest BCUT2D eigenvalue weighted by Gasteiger charge is -2.17. The van der Waals surface area contributed by atoms with E-state index in [-0.39, 0.29) is 41.4 Å². The number of carbonyl (C=O) groups is 2. The van der Waals surface area contributed by atoms with E-state index < -0.39 is 60.0 Å². The Kier molecular flexibility index (Phi) is 6.40. The molecule has 40 heavy (non-hydrogen) atoms. The van der Waals surface area contributed by atoms with E-state index in [0.29, 0.717) is 0 Å². The number of alkyl halides is 4. The molecule has 1 fully saturated rings. The van der Waals surface area contributed by atoms with Crippen molar-refractivity contribution in [2.45, 2.75) is 18.4 Å². The minimum atomic E-state index is -4.81. The van der Waals surface area contributed by atoms with Gasteiger partial charge >= 0.3 is 6.18 Å². The molecule has 2 atom stereocenters. The van der Waals surface area contributed by atoms with E-state index in [4.69, 9.17) is 11.8 Å². The second-order valence-electron chi connectivity index (χ2n) is 8.88. The third-order valence-corrected chi connectivity index (χ3v) is 6.36. The van der Waals surface area contributed by atoms with Crippen molar-refractivity contribution in [2.24, 2.45) is 0 Å². The molecule has 15 heteroatoms. The Morgan fingerprint density at radius 3 is 2.62 bits per heavy atom. The Labute approximate surface area is 224 Å². The van der Waals surface area contributed by atoms with E-state index in [0.717, 1.165) is 46.2 Å². The summed E-state index contributed by atoms with van der Waals surface area (Å²) in [6.07, 6.45) is -4.38. The van der Waals surface area contributed by atoms with Gasteiger partial charge in [-0.3, -0.25) is 9.59 Å². The van der Waals surface area contributed by atoms with Gasteiger partial charge in [0.05, 0.1) is 32.3 Å². The molecule has 0 radical (unpaired) electrons. The average molecular weight is 562 g/mol. The van der Waals surface area contributed by atoms with Gasteiger partial charge in [-0.25, -0.2) is 23.3 Å². The van der Waals surface area contributed by atoms with Crippen molar-refractivity contribution in [3.8, 4) is 17.1 Å². The molecule has 10 nitrogen and oxygen atoms in total. The summed E-state index contributed by atoms with van der Waals surface area (Å²) in [6.45, 7) is -0.549. The van der Waals surface area contributed by atoms with Crippen LogP contribution in [0.1, 0.15) is 27.7 Å². The summed E-state index contributed by atoms with van der Waals surface area (Å²) in [6, 6.07) is 5.48. The first-order chi connectivity index (χ1) is 19.5. The highest BCUT2D eigenvalue weighted by Gasteiger charge is 2.38. The highest BCUT2D eigenvalue weighted by molar-refractivity contribution is 5.98. The molecule has 208 valence electrons. The number of pyridine rings is 1. The fourth-order valence-electron chi connectivity index (χ4n) is 4.45. The molecule has 0 bridgehead atoms. The molecule has 0 saturated carbocycles. The zero-order chi connectivity index (χ0) is 29.5. The van der Waals surface area contributed by atoms with Gasteiger partial charge < -0.3 is 20.7 Å². The van der Waals surface area contributed by atoms with Crippen molar-refractivity contribution in [1.29, 1.82) is 0 Å². The van der Waals surface area contributed by atoms with Crippen molar-refractivity contribution in [2.75, 3.05) is 25.9 Å². The molecule has 0 unspecified atom stereocenters. The number of hydrogen-bond donors (Lipinski definition) is 2. The number of hydrogen-bond acceptors (Lipinski definition) is 7. The standard InChI is InChI=1S/C25H20F5N7O3/c1-40-23-15(22(38)35-18-10-36(9-17(18)27)24(39)12-2-4-14(26)5-3-12)6-13(8-32-23)19-7-16(25(28,29)30)20-21(31)33-11-34-37(19)20/h2-8,11,17-18H,9-10H2,1H3,(H,35,38)(H2,31,33,34)/t17-,18+/m0/s1/i1D. The topological polar surface area (TPSA) is 128 Å². The first-order valence-corrected chi connectivity index (χ1v) is 11.6. The largest absolute Gasteiger partial charge is 0.480 e. The van der Waals surface area contributed by atoms with Crippen LogP contribution in [0.5, 0.6) is 5.88 Å². The van der Waals surface area contributed by atoms with Crippen molar-refractivity contribution < 1.29 is 37.6 Å². The minimum absolute atomic E-state index is 0.00687. The third kappa shape index (κ3) is 4.85. The molecule has 1 aliphatic heterocycles. The lowest BCUT2D eigenvalue weighted by atomic mass is 10.1. The molecule has 0 aliphatic carbocycles. The van der Waals surface area contributed by atoms with E-state index in [2.05, 4.69) is 20.4 Å². The Hall–Kier alpha value is -4.82. The molecule has 1 saturated heterocycles. The first-order valence-electron chi connectivity index (χ1n) is 12.3. The zero-order valence-corrected chi connectivity index (χ0v) is 20.3. The monoisotopic (exact) mass is 562 g/mol. The smallest absolute Gasteiger partial charge is 0.418 e. The molecule has 1 aromatic carbocycles. The van der Waals surface area contributed by atoms with Crippen LogP contribution in [0.4, 0.5) is 27.8 Å². The minimum Gasteiger partial charge on any atom is -0.480 e. The summed E-state index contributed by atoms with van der Waals surface area (Å²) in [5, 5.41) is 6.32. The number of nitrogens with one attached hydrogen (secondary N) is 1. The van der Waals surface area contributed by atoms with Gasteiger partial charge in [0.25, 0.3) is 11.8 Å². The summed E-state index contributed by atoms with van der Waals surface area (Å²) in [7, 11) is -0.641. The van der Waals surface area contributed by atoms with Gasteiger partial charge in [-0.15, -0.1) is 0 Å². The number of nitrogen functional groups attached to an aromatic ring is 1. The zero-order valence-electron chi connectivity index (χ0n) is 21.3. The van der Waals surface area contributed by atoms with Crippen molar-refractivity contribution in [3.05, 3.63) is 71.4 Å². The van der Waals surface area contributed by atoms with Gasteiger partial charge in [-0.05, 0) is 36.4 Å². The first kappa shape index (κ1) is 25.5. The van der Waals surface area contributed by atoms with Crippen LogP contribution in [0, 0.1) is 5.82 Å². The molecule has 4 aromatic rings. The summed E-state index contributed by atoms with van der Waals surface area (Å²) in [4.78, 5) is 34.7. The van der Waals surface area contributed by atoms with Crippen LogP contribution in [0.3, 0.4) is 0 Å². The number of fused-ring (bicyclic) bond motifs is 1. The summed E-state index contributed by atoms with van der Waals surface area (Å²) in [5.41, 5.74) is 3.81. The molecule has 4 heterocycles. The van der Waals surface area contributed by atoms with E-state index in [1.165, 1.54) is 12.1 Å². The number of amides is 2. The fourth-order valence-corrected chi connectivity index (χ4v) is 4.45. The number of likely N-dealkylation sites (tertiary alicyclic amines) is 1. The van der Waals surface area contributed by atoms with Gasteiger partial charge in [0.2, 0.25) is 5.88 Å². The second-order valence-corrected chi connectivity index (χ2v) is 8.88. The van der Waals surface area contributed by atoms with Crippen LogP contribution in [0.15, 0.2) is 48.9 Å². The number of methoxy groups -OCH3 is 1. The Balaban J connectivity index is 1.44. The van der Waals surface area contributed by atoms with E-state index in [1.807, 2.05) is 0 Å². The van der Waals surface area contributed by atoms with Crippen molar-refractivity contribution in [3.63, 3.8) is 0 Å². The van der Waals surface area contributed by atoms with Gasteiger partial charge in [-0.2, -0.15) is 18.3 Å². The number of halogens is 5. The number of benzene rings is 1. The third-order valence-electron chi connectivity index (χ3n) is 6.36. The van der Waals surface area contributed by atoms with E-state index >= 15 is 0 Å². The number of nitrogens with two attached hydrogens (primary N) is 1. The van der Waals surface area contributed by atoms with Crippen LogP contribution in [-0.4, -0.2) is 68.7 Å². The lowest BCUT2D eigenvalue weighted by Crippen LogP contribution is -2.42. The highest BCUT2D eigenvalue weighted by atomic mass is 19.4. The number of rotatable bonds is 5. The van der Waals surface area contributed by atoms with Gasteiger partial charge in [0, 0.05) is 23.9 Å².